The average molecular weight is 410 g/mol. The van der Waals surface area contributed by atoms with Crippen LogP contribution in [0.5, 0.6) is 5.75 Å². The Morgan fingerprint density at radius 3 is 2.72 bits per heavy atom. The number of hydrogen-bond acceptors (Lipinski definition) is 6. The van der Waals surface area contributed by atoms with E-state index in [1.807, 2.05) is 25.1 Å². The van der Waals surface area contributed by atoms with Gasteiger partial charge >= 0.3 is 0 Å². The number of aromatic nitrogens is 1. The van der Waals surface area contributed by atoms with E-state index in [1.165, 1.54) is 10.3 Å². The van der Waals surface area contributed by atoms with Gasteiger partial charge < -0.3 is 14.4 Å². The van der Waals surface area contributed by atoms with E-state index in [1.54, 1.807) is 11.3 Å². The molecule has 1 aliphatic heterocycles. The third-order valence-corrected chi connectivity index (χ3v) is 6.49. The smallest absolute Gasteiger partial charge is 0.186 e. The highest BCUT2D eigenvalue weighted by atomic mass is 32.1. The van der Waals surface area contributed by atoms with Crippen LogP contribution in [0.2, 0.25) is 0 Å². The third kappa shape index (κ3) is 4.77. The summed E-state index contributed by atoms with van der Waals surface area (Å²) in [6.45, 7) is 9.75. The fraction of sp³-hybridized carbons (Fsp3) is 0.391. The molecule has 29 heavy (non-hydrogen) atoms. The van der Waals surface area contributed by atoms with Crippen molar-refractivity contribution in [2.24, 2.45) is 0 Å². The number of aldehydes is 1. The summed E-state index contributed by atoms with van der Waals surface area (Å²) in [4.78, 5) is 20.4. The zero-order valence-corrected chi connectivity index (χ0v) is 17.9. The molecule has 1 aliphatic rings. The summed E-state index contributed by atoms with van der Waals surface area (Å²) in [5, 5.41) is 1.13. The molecule has 0 saturated carbocycles. The molecule has 0 unspecified atom stereocenters. The molecular weight excluding hydrogens is 382 g/mol. The predicted octanol–water partition coefficient (Wildman–Crippen LogP) is 3.86. The van der Waals surface area contributed by atoms with Crippen LogP contribution in [0.4, 0.5) is 5.13 Å². The molecule has 2 heterocycles. The maximum absolute atomic E-state index is 10.7. The summed E-state index contributed by atoms with van der Waals surface area (Å²) in [7, 11) is 0. The normalized spacial score (nSPS) is 15.0. The fourth-order valence-electron chi connectivity index (χ4n) is 3.63. The molecule has 3 aromatic rings. The highest BCUT2D eigenvalue weighted by Gasteiger charge is 2.19. The van der Waals surface area contributed by atoms with Crippen LogP contribution in [-0.2, 0) is 11.2 Å². The number of anilines is 1. The number of thiazole rings is 1. The Morgan fingerprint density at radius 2 is 1.93 bits per heavy atom. The summed E-state index contributed by atoms with van der Waals surface area (Å²) in [5.41, 5.74) is 4.49. The molecule has 0 aliphatic carbocycles. The molecule has 1 saturated heterocycles. The minimum absolute atomic E-state index is 0.434. The topological polar surface area (TPSA) is 45.7 Å². The van der Waals surface area contributed by atoms with Gasteiger partial charge in [0.25, 0.3) is 0 Å². The van der Waals surface area contributed by atoms with E-state index in [2.05, 4.69) is 34.9 Å². The molecule has 4 rings (SSSR count). The zero-order valence-electron chi connectivity index (χ0n) is 17.1. The second-order valence-corrected chi connectivity index (χ2v) is 8.62. The minimum atomic E-state index is 0.434. The molecule has 0 N–H and O–H groups in total. The number of rotatable bonds is 7. The van der Waals surface area contributed by atoms with Crippen LogP contribution in [0.1, 0.15) is 16.7 Å². The van der Waals surface area contributed by atoms with Crippen molar-refractivity contribution in [2.45, 2.75) is 20.3 Å². The Morgan fingerprint density at radius 1 is 1.10 bits per heavy atom. The number of hydrogen-bond donors (Lipinski definition) is 0. The van der Waals surface area contributed by atoms with Gasteiger partial charge in [-0.25, -0.2) is 4.98 Å². The van der Waals surface area contributed by atoms with Crippen molar-refractivity contribution < 1.29 is 9.53 Å². The first-order valence-electron chi connectivity index (χ1n) is 10.1. The fourth-order valence-corrected chi connectivity index (χ4v) is 4.74. The van der Waals surface area contributed by atoms with Gasteiger partial charge in [-0.2, -0.15) is 0 Å². The Kier molecular flexibility index (Phi) is 6.11. The molecule has 5 nitrogen and oxygen atoms in total. The minimum Gasteiger partial charge on any atom is -0.492 e. The average Bonchev–Trinajstić information content (AvgIpc) is 3.14. The Balaban J connectivity index is 1.28. The van der Waals surface area contributed by atoms with Gasteiger partial charge in [-0.15, -0.1) is 0 Å². The van der Waals surface area contributed by atoms with Gasteiger partial charge in [-0.3, -0.25) is 4.90 Å². The number of benzene rings is 2. The molecule has 0 radical (unpaired) electrons. The quantitative estimate of drug-likeness (QED) is 0.555. The lowest BCUT2D eigenvalue weighted by Crippen LogP contribution is -2.47. The lowest BCUT2D eigenvalue weighted by molar-refractivity contribution is -0.107. The number of piperazine rings is 1. The summed E-state index contributed by atoms with van der Waals surface area (Å²) in [6, 6.07) is 12.4. The number of aryl methyl sites for hydroxylation is 2. The van der Waals surface area contributed by atoms with Crippen LogP contribution in [0.3, 0.4) is 0 Å². The van der Waals surface area contributed by atoms with E-state index >= 15 is 0 Å². The van der Waals surface area contributed by atoms with Crippen molar-refractivity contribution in [3.8, 4) is 5.75 Å². The lowest BCUT2D eigenvalue weighted by atomic mass is 10.1. The summed E-state index contributed by atoms with van der Waals surface area (Å²) < 4.78 is 7.27. The molecule has 1 fully saturated rings. The van der Waals surface area contributed by atoms with Gasteiger partial charge in [-0.1, -0.05) is 29.5 Å². The van der Waals surface area contributed by atoms with Crippen molar-refractivity contribution in [2.75, 3.05) is 44.2 Å². The van der Waals surface area contributed by atoms with Crippen LogP contribution in [-0.4, -0.2) is 55.5 Å². The van der Waals surface area contributed by atoms with E-state index in [9.17, 15) is 4.79 Å². The molecular formula is C23H27N3O2S. The van der Waals surface area contributed by atoms with Crippen molar-refractivity contribution in [1.29, 1.82) is 0 Å². The van der Waals surface area contributed by atoms with Crippen LogP contribution in [0, 0.1) is 13.8 Å². The first kappa shape index (κ1) is 19.9. The summed E-state index contributed by atoms with van der Waals surface area (Å²) in [5.74, 6) is 0.882. The SMILES string of the molecule is Cc1ccc2nc(N3CCN(CCOc4cc(CC=O)ccc4C)CC3)sc2c1. The highest BCUT2D eigenvalue weighted by Crippen LogP contribution is 2.30. The maximum Gasteiger partial charge on any atom is 0.186 e. The van der Waals surface area contributed by atoms with Crippen molar-refractivity contribution >= 4 is 33.0 Å². The standard InChI is InChI=1S/C23H27N3O2S/c1-17-3-6-20-22(15-17)29-23(24-20)26-10-8-25(9-11-26)12-14-28-21-16-19(7-13-27)5-4-18(21)2/h3-6,13,15-16H,7-12,14H2,1-2H3. The van der Waals surface area contributed by atoms with Crippen LogP contribution < -0.4 is 9.64 Å². The van der Waals surface area contributed by atoms with Crippen molar-refractivity contribution in [3.63, 3.8) is 0 Å². The van der Waals surface area contributed by atoms with Crippen molar-refractivity contribution in [3.05, 3.63) is 53.1 Å². The Hall–Kier alpha value is -2.44. The second-order valence-electron chi connectivity index (χ2n) is 7.62. The second kappa shape index (κ2) is 8.93. The van der Waals surface area contributed by atoms with E-state index in [-0.39, 0.29) is 0 Å². The molecule has 0 atom stereocenters. The molecule has 152 valence electrons. The highest BCUT2D eigenvalue weighted by molar-refractivity contribution is 7.22. The maximum atomic E-state index is 10.7. The first-order valence-corrected chi connectivity index (χ1v) is 10.9. The number of carbonyl (C=O) groups is 1. The molecule has 1 aromatic heterocycles. The van der Waals surface area contributed by atoms with E-state index in [0.29, 0.717) is 13.0 Å². The van der Waals surface area contributed by atoms with E-state index < -0.39 is 0 Å². The van der Waals surface area contributed by atoms with Gasteiger partial charge in [0.1, 0.15) is 18.6 Å². The molecule has 6 heteroatoms. The first-order chi connectivity index (χ1) is 14.1. The van der Waals surface area contributed by atoms with E-state index in [0.717, 1.165) is 66.5 Å². The van der Waals surface area contributed by atoms with E-state index in [4.69, 9.17) is 9.72 Å². The number of fused-ring (bicyclic) bond motifs is 1. The third-order valence-electron chi connectivity index (χ3n) is 5.41. The van der Waals surface area contributed by atoms with Gasteiger partial charge in [0.05, 0.1) is 10.2 Å². The number of carbonyl (C=O) groups excluding carboxylic acids is 1. The molecule has 2 aromatic carbocycles. The summed E-state index contributed by atoms with van der Waals surface area (Å²) in [6.07, 6.45) is 1.37. The Labute approximate surface area is 175 Å². The van der Waals surface area contributed by atoms with Crippen molar-refractivity contribution in [1.82, 2.24) is 9.88 Å². The monoisotopic (exact) mass is 409 g/mol. The molecule has 0 bridgehead atoms. The van der Waals surface area contributed by atoms with Crippen LogP contribution in [0.15, 0.2) is 36.4 Å². The zero-order chi connectivity index (χ0) is 20.2. The Bertz CT molecular complexity index is 993. The van der Waals surface area contributed by atoms with Gasteiger partial charge in [-0.05, 0) is 48.7 Å². The lowest BCUT2D eigenvalue weighted by Gasteiger charge is -2.34. The van der Waals surface area contributed by atoms with Gasteiger partial charge in [0.15, 0.2) is 5.13 Å². The molecule has 0 amide bonds. The largest absolute Gasteiger partial charge is 0.492 e. The summed E-state index contributed by atoms with van der Waals surface area (Å²) >= 11 is 1.79. The van der Waals surface area contributed by atoms with Crippen LogP contribution in [0.25, 0.3) is 10.2 Å². The van der Waals surface area contributed by atoms with Gasteiger partial charge in [0, 0.05) is 39.1 Å². The predicted molar refractivity (Wildman–Crippen MR) is 119 cm³/mol. The van der Waals surface area contributed by atoms with Crippen LogP contribution >= 0.6 is 11.3 Å². The molecule has 0 spiro atoms. The number of ether oxygens (including phenoxy) is 1. The van der Waals surface area contributed by atoms with Gasteiger partial charge in [0.2, 0.25) is 0 Å². The number of nitrogens with zero attached hydrogens (tertiary/aromatic N) is 3.